The number of nitrogens with zero attached hydrogens (tertiary/aromatic N) is 1. The summed E-state index contributed by atoms with van der Waals surface area (Å²) in [5.41, 5.74) is 14.4. The van der Waals surface area contributed by atoms with Gasteiger partial charge in [-0.25, -0.2) is 0 Å². The molecule has 0 aliphatic heterocycles. The first kappa shape index (κ1) is 47.0. The Bertz CT molecular complexity index is 1700. The lowest BCUT2D eigenvalue weighted by Crippen LogP contribution is -2.35. The van der Waals surface area contributed by atoms with E-state index in [1.165, 1.54) is 29.5 Å². The van der Waals surface area contributed by atoms with Crippen LogP contribution < -0.4 is 16.8 Å². The third kappa shape index (κ3) is 16.3. The Hall–Kier alpha value is -5.06. The maximum atomic E-state index is 14.1. The van der Waals surface area contributed by atoms with Crippen molar-refractivity contribution in [2.45, 2.75) is 84.2 Å². The number of hydrogen-bond acceptors (Lipinski definition) is 4. The average molecular weight is 739 g/mol. The van der Waals surface area contributed by atoms with Crippen LogP contribution in [0.5, 0.6) is 0 Å². The van der Waals surface area contributed by atoms with Crippen molar-refractivity contribution < 1.29 is 13.2 Å². The number of nitrogens with two attached hydrogens (primary N) is 2. The van der Waals surface area contributed by atoms with Gasteiger partial charge in [0.05, 0.1) is 17.2 Å². The zero-order chi connectivity index (χ0) is 40.4. The molecule has 4 aromatic rings. The van der Waals surface area contributed by atoms with Crippen molar-refractivity contribution in [1.82, 2.24) is 5.32 Å². The minimum atomic E-state index is -4.60. The summed E-state index contributed by atoms with van der Waals surface area (Å²) >= 11 is 0. The number of aryl methyl sites for hydroxylation is 2. The highest BCUT2D eigenvalue weighted by Crippen LogP contribution is 2.43. The number of unbranched alkanes of at least 4 members (excludes halogenated alkanes) is 1. The van der Waals surface area contributed by atoms with Crippen LogP contribution in [0.2, 0.25) is 0 Å². The molecule has 0 aromatic heterocycles. The second-order valence-electron chi connectivity index (χ2n) is 13.3. The Morgan fingerprint density at radius 2 is 1.46 bits per heavy atom. The first-order chi connectivity index (χ1) is 25.9. The van der Waals surface area contributed by atoms with E-state index in [1.807, 2.05) is 37.3 Å². The Kier molecular flexibility index (Phi) is 22.5. The second kappa shape index (κ2) is 25.8. The fourth-order valence-corrected chi connectivity index (χ4v) is 6.41. The van der Waals surface area contributed by atoms with Gasteiger partial charge in [0.2, 0.25) is 0 Å². The molecule has 7 heteroatoms. The molecule has 0 radical (unpaired) electrons. The Balaban J connectivity index is 0.000000892. The summed E-state index contributed by atoms with van der Waals surface area (Å²) in [6.07, 6.45) is 6.47. The van der Waals surface area contributed by atoms with Gasteiger partial charge in [-0.15, -0.1) is 6.58 Å². The molecule has 54 heavy (non-hydrogen) atoms. The van der Waals surface area contributed by atoms with Gasteiger partial charge in [0.25, 0.3) is 0 Å². The molecule has 0 aliphatic carbocycles. The summed E-state index contributed by atoms with van der Waals surface area (Å²) in [6, 6.07) is 33.0. The lowest BCUT2D eigenvalue weighted by molar-refractivity contribution is -0.137. The van der Waals surface area contributed by atoms with E-state index < -0.39 is 17.2 Å². The van der Waals surface area contributed by atoms with Crippen molar-refractivity contribution in [2.75, 3.05) is 13.1 Å². The second-order valence-corrected chi connectivity index (χ2v) is 13.3. The molecule has 0 bridgehead atoms. The Labute approximate surface area is 323 Å². The minimum absolute atomic E-state index is 0.134. The van der Waals surface area contributed by atoms with E-state index in [4.69, 9.17) is 5.73 Å². The molecule has 4 aromatic carbocycles. The first-order valence-electron chi connectivity index (χ1n) is 18.6. The topological polar surface area (TPSA) is 87.9 Å². The van der Waals surface area contributed by atoms with Crippen LogP contribution in [-0.4, -0.2) is 13.1 Å². The number of nitriles is 1. The third-order valence-electron chi connectivity index (χ3n) is 9.04. The number of allylic oxidation sites excluding steroid dienone is 1. The van der Waals surface area contributed by atoms with Crippen LogP contribution in [0.1, 0.15) is 86.3 Å². The number of rotatable bonds is 15. The van der Waals surface area contributed by atoms with Crippen molar-refractivity contribution in [1.29, 1.82) is 5.26 Å². The predicted molar refractivity (Wildman–Crippen MR) is 224 cm³/mol. The number of alkyl halides is 3. The van der Waals surface area contributed by atoms with Crippen LogP contribution in [0.15, 0.2) is 135 Å². The molecular weight excluding hydrogens is 678 g/mol. The fourth-order valence-electron chi connectivity index (χ4n) is 6.41. The van der Waals surface area contributed by atoms with Gasteiger partial charge < -0.3 is 16.8 Å². The maximum absolute atomic E-state index is 14.1. The van der Waals surface area contributed by atoms with Crippen LogP contribution >= 0.6 is 0 Å². The van der Waals surface area contributed by atoms with Crippen LogP contribution in [0, 0.1) is 24.2 Å². The lowest BCUT2D eigenvalue weighted by atomic mass is 9.64. The number of benzene rings is 4. The molecule has 4 nitrogen and oxygen atoms in total. The zero-order valence-electron chi connectivity index (χ0n) is 32.8. The maximum Gasteiger partial charge on any atom is 0.417 e. The molecule has 290 valence electrons. The molecule has 0 spiro atoms. The van der Waals surface area contributed by atoms with E-state index in [1.54, 1.807) is 24.4 Å². The number of nitrogens with one attached hydrogen (secondary N) is 1. The van der Waals surface area contributed by atoms with Gasteiger partial charge in [0, 0.05) is 6.54 Å². The SMILES string of the molecule is C=CC.C=CN.C=CNCCCCN.CCCC(CCc1ccccc1)C(C)(Cc1cccc(-c2cccc(C)c2)c1)c1ccc(C#N)c(C(F)(F)F)c1. The van der Waals surface area contributed by atoms with Gasteiger partial charge in [0.15, 0.2) is 0 Å². The van der Waals surface area contributed by atoms with Crippen LogP contribution in [0.4, 0.5) is 13.2 Å². The highest BCUT2D eigenvalue weighted by atomic mass is 19.4. The quantitative estimate of drug-likeness (QED) is 0.0837. The fraction of sp³-hybridized carbons (Fsp3) is 0.340. The zero-order valence-corrected chi connectivity index (χ0v) is 32.8. The van der Waals surface area contributed by atoms with Gasteiger partial charge >= 0.3 is 6.18 Å². The summed E-state index contributed by atoms with van der Waals surface area (Å²) in [6.45, 7) is 20.0. The minimum Gasteiger partial charge on any atom is -0.405 e. The van der Waals surface area contributed by atoms with Crippen LogP contribution in [0.25, 0.3) is 11.1 Å². The molecule has 0 saturated heterocycles. The van der Waals surface area contributed by atoms with E-state index >= 15 is 0 Å². The standard InChI is InChI=1S/C36H36F3N.C6H14N2.C3H6.C2H5N/c1-4-10-32(19-17-27-12-6-5-7-13-27)35(3,33-20-18-31(25-40)34(23-33)36(37,38)39)24-28-14-9-16-30(22-28)29-15-8-11-26(2)21-29;1-2-8-6-4-3-5-7;1-3-2;1-2-3/h5-9,11-16,18,20-23,32H,4,10,17,19,24H2,1-3H3;2,8H,1,3-7H2;3H,1H2,2H3;2H,1,3H2. The summed E-state index contributed by atoms with van der Waals surface area (Å²) in [4.78, 5) is 0. The number of hydrogen-bond donors (Lipinski definition) is 3. The van der Waals surface area contributed by atoms with Gasteiger partial charge in [-0.1, -0.05) is 130 Å². The Morgan fingerprint density at radius 1 is 0.852 bits per heavy atom. The van der Waals surface area contributed by atoms with Gasteiger partial charge in [-0.3, -0.25) is 0 Å². The van der Waals surface area contributed by atoms with Crippen molar-refractivity contribution in [3.05, 3.63) is 169 Å². The van der Waals surface area contributed by atoms with Gasteiger partial charge in [-0.05, 0) is 123 Å². The van der Waals surface area contributed by atoms with Gasteiger partial charge in [0.1, 0.15) is 0 Å². The van der Waals surface area contributed by atoms with E-state index in [0.717, 1.165) is 68.3 Å². The molecule has 2 atom stereocenters. The molecule has 4 rings (SSSR count). The molecule has 0 fully saturated rings. The summed E-state index contributed by atoms with van der Waals surface area (Å²) in [5, 5.41) is 12.4. The smallest absolute Gasteiger partial charge is 0.405 e. The van der Waals surface area contributed by atoms with E-state index in [0.29, 0.717) is 12.0 Å². The van der Waals surface area contributed by atoms with Crippen molar-refractivity contribution in [3.63, 3.8) is 0 Å². The predicted octanol–water partition coefficient (Wildman–Crippen LogP) is 11.8. The molecule has 0 heterocycles. The van der Waals surface area contributed by atoms with Crippen LogP contribution in [-0.2, 0) is 24.4 Å². The molecule has 0 saturated carbocycles. The van der Waals surface area contributed by atoms with E-state index in [9.17, 15) is 18.4 Å². The largest absolute Gasteiger partial charge is 0.417 e. The Morgan fingerprint density at radius 3 is 2.02 bits per heavy atom. The normalized spacial score (nSPS) is 12.0. The molecule has 2 unspecified atom stereocenters. The monoisotopic (exact) mass is 738 g/mol. The first-order valence-corrected chi connectivity index (χ1v) is 18.6. The van der Waals surface area contributed by atoms with Gasteiger partial charge in [-0.2, -0.15) is 18.4 Å². The molecule has 0 aliphatic rings. The van der Waals surface area contributed by atoms with Crippen molar-refractivity contribution >= 4 is 0 Å². The molecular formula is C47H61F3N4. The van der Waals surface area contributed by atoms with Crippen molar-refractivity contribution in [2.24, 2.45) is 17.4 Å². The van der Waals surface area contributed by atoms with E-state index in [-0.39, 0.29) is 11.5 Å². The van der Waals surface area contributed by atoms with E-state index in [2.05, 4.69) is 100 Å². The molecule has 5 N–H and O–H groups in total. The molecule has 0 amide bonds. The summed E-state index contributed by atoms with van der Waals surface area (Å²) in [7, 11) is 0. The number of halogens is 3. The highest BCUT2D eigenvalue weighted by Gasteiger charge is 2.39. The lowest BCUT2D eigenvalue weighted by Gasteiger charge is -2.40. The van der Waals surface area contributed by atoms with Crippen LogP contribution in [0.3, 0.4) is 0 Å². The van der Waals surface area contributed by atoms with Crippen molar-refractivity contribution in [3.8, 4) is 17.2 Å². The summed E-state index contributed by atoms with van der Waals surface area (Å²) < 4.78 is 42.2. The average Bonchev–Trinajstić information content (AvgIpc) is 3.16. The summed E-state index contributed by atoms with van der Waals surface area (Å²) in [5.74, 6) is 0.134. The third-order valence-corrected chi connectivity index (χ3v) is 9.04. The highest BCUT2D eigenvalue weighted by molar-refractivity contribution is 5.65.